The Bertz CT molecular complexity index is 406. The number of hydrogen-bond donors (Lipinski definition) is 1. The van der Waals surface area contributed by atoms with Crippen molar-refractivity contribution in [3.05, 3.63) is 48.0 Å². The van der Waals surface area contributed by atoms with E-state index in [1.165, 1.54) is 10.8 Å². The van der Waals surface area contributed by atoms with Crippen molar-refractivity contribution in [2.24, 2.45) is 5.90 Å². The Morgan fingerprint density at radius 1 is 1.00 bits per heavy atom. The third-order valence-corrected chi connectivity index (χ3v) is 2.12. The lowest BCUT2D eigenvalue weighted by Gasteiger charge is -2.03. The predicted molar refractivity (Wildman–Crippen MR) is 52.9 cm³/mol. The summed E-state index contributed by atoms with van der Waals surface area (Å²) in [5, 5.41) is 2.42. The van der Waals surface area contributed by atoms with E-state index in [4.69, 9.17) is 5.90 Å². The number of nitrogens with two attached hydrogens (primary N) is 1. The van der Waals surface area contributed by atoms with Gasteiger partial charge in [-0.3, -0.25) is 4.84 Å². The summed E-state index contributed by atoms with van der Waals surface area (Å²) >= 11 is 0. The lowest BCUT2D eigenvalue weighted by molar-refractivity contribution is 0.125. The Labute approximate surface area is 76.9 Å². The SMILES string of the molecule is NOCc1cccc2ccccc12. The van der Waals surface area contributed by atoms with E-state index >= 15 is 0 Å². The molecule has 0 aromatic heterocycles. The fourth-order valence-electron chi connectivity index (χ4n) is 1.51. The molecule has 66 valence electrons. The molecule has 0 fully saturated rings. The van der Waals surface area contributed by atoms with Gasteiger partial charge < -0.3 is 0 Å². The molecule has 0 amide bonds. The zero-order valence-electron chi connectivity index (χ0n) is 7.23. The first-order valence-electron chi connectivity index (χ1n) is 4.20. The molecule has 2 heteroatoms. The minimum Gasteiger partial charge on any atom is -0.300 e. The van der Waals surface area contributed by atoms with Gasteiger partial charge in [0.05, 0.1) is 6.61 Å². The van der Waals surface area contributed by atoms with E-state index in [2.05, 4.69) is 23.0 Å². The van der Waals surface area contributed by atoms with E-state index < -0.39 is 0 Å². The molecular weight excluding hydrogens is 162 g/mol. The highest BCUT2D eigenvalue weighted by atomic mass is 16.6. The molecular formula is C11H11NO. The van der Waals surface area contributed by atoms with Gasteiger partial charge in [-0.25, -0.2) is 5.90 Å². The van der Waals surface area contributed by atoms with Crippen LogP contribution in [0.25, 0.3) is 10.8 Å². The highest BCUT2D eigenvalue weighted by molar-refractivity contribution is 5.85. The van der Waals surface area contributed by atoms with Gasteiger partial charge in [-0.1, -0.05) is 42.5 Å². The maximum atomic E-state index is 5.05. The van der Waals surface area contributed by atoms with Crippen LogP contribution in [0.3, 0.4) is 0 Å². The predicted octanol–water partition coefficient (Wildman–Crippen LogP) is 2.23. The van der Waals surface area contributed by atoms with Crippen LogP contribution in [0.5, 0.6) is 0 Å². The Hall–Kier alpha value is -1.38. The Kier molecular flexibility index (Phi) is 2.25. The van der Waals surface area contributed by atoms with Gasteiger partial charge in [0.25, 0.3) is 0 Å². The van der Waals surface area contributed by atoms with Crippen molar-refractivity contribution in [2.45, 2.75) is 6.61 Å². The Morgan fingerprint density at radius 3 is 2.62 bits per heavy atom. The van der Waals surface area contributed by atoms with Crippen LogP contribution in [0.4, 0.5) is 0 Å². The molecule has 0 saturated heterocycles. The molecule has 2 rings (SSSR count). The lowest BCUT2D eigenvalue weighted by Crippen LogP contribution is -1.99. The largest absolute Gasteiger partial charge is 0.300 e. The molecule has 2 N–H and O–H groups in total. The van der Waals surface area contributed by atoms with E-state index in [9.17, 15) is 0 Å². The fourth-order valence-corrected chi connectivity index (χ4v) is 1.51. The molecule has 0 aliphatic carbocycles. The summed E-state index contributed by atoms with van der Waals surface area (Å²) in [6.07, 6.45) is 0. The topological polar surface area (TPSA) is 35.2 Å². The van der Waals surface area contributed by atoms with Gasteiger partial charge in [-0.2, -0.15) is 0 Å². The van der Waals surface area contributed by atoms with Crippen LogP contribution in [0.2, 0.25) is 0 Å². The third-order valence-electron chi connectivity index (χ3n) is 2.12. The summed E-state index contributed by atoms with van der Waals surface area (Å²) in [4.78, 5) is 4.64. The second-order valence-electron chi connectivity index (χ2n) is 2.95. The molecule has 0 radical (unpaired) electrons. The van der Waals surface area contributed by atoms with Crippen molar-refractivity contribution in [1.29, 1.82) is 0 Å². The smallest absolute Gasteiger partial charge is 0.0936 e. The summed E-state index contributed by atoms with van der Waals surface area (Å²) in [7, 11) is 0. The van der Waals surface area contributed by atoms with E-state index in [0.717, 1.165) is 5.56 Å². The summed E-state index contributed by atoms with van der Waals surface area (Å²) in [5.74, 6) is 5.05. The highest BCUT2D eigenvalue weighted by Gasteiger charge is 1.98. The second kappa shape index (κ2) is 3.56. The van der Waals surface area contributed by atoms with Crippen molar-refractivity contribution in [1.82, 2.24) is 0 Å². The van der Waals surface area contributed by atoms with Crippen LogP contribution >= 0.6 is 0 Å². The number of benzene rings is 2. The van der Waals surface area contributed by atoms with Crippen LogP contribution in [-0.2, 0) is 11.4 Å². The number of fused-ring (bicyclic) bond motifs is 1. The fraction of sp³-hybridized carbons (Fsp3) is 0.0909. The molecule has 0 spiro atoms. The maximum absolute atomic E-state index is 5.05. The summed E-state index contributed by atoms with van der Waals surface area (Å²) in [6, 6.07) is 14.3. The molecule has 2 aromatic rings. The quantitative estimate of drug-likeness (QED) is 0.707. The van der Waals surface area contributed by atoms with Gasteiger partial charge in [0, 0.05) is 0 Å². The first kappa shape index (κ1) is 8.23. The molecule has 2 nitrogen and oxygen atoms in total. The monoisotopic (exact) mass is 173 g/mol. The highest BCUT2D eigenvalue weighted by Crippen LogP contribution is 2.18. The van der Waals surface area contributed by atoms with Crippen LogP contribution < -0.4 is 5.90 Å². The van der Waals surface area contributed by atoms with Gasteiger partial charge in [0.15, 0.2) is 0 Å². The zero-order valence-corrected chi connectivity index (χ0v) is 7.23. The molecule has 0 heterocycles. The average molecular weight is 173 g/mol. The first-order valence-corrected chi connectivity index (χ1v) is 4.20. The molecule has 0 atom stereocenters. The summed E-state index contributed by atoms with van der Waals surface area (Å²) < 4.78 is 0. The van der Waals surface area contributed by atoms with Crippen molar-refractivity contribution in [3.63, 3.8) is 0 Å². The van der Waals surface area contributed by atoms with Crippen molar-refractivity contribution >= 4 is 10.8 Å². The van der Waals surface area contributed by atoms with Gasteiger partial charge in [0.2, 0.25) is 0 Å². The Balaban J connectivity index is 2.61. The molecule has 13 heavy (non-hydrogen) atoms. The minimum atomic E-state index is 0.460. The molecule has 0 bridgehead atoms. The number of hydrogen-bond acceptors (Lipinski definition) is 2. The van der Waals surface area contributed by atoms with Crippen molar-refractivity contribution in [3.8, 4) is 0 Å². The van der Waals surface area contributed by atoms with Gasteiger partial charge in [-0.15, -0.1) is 0 Å². The van der Waals surface area contributed by atoms with Crippen LogP contribution in [-0.4, -0.2) is 0 Å². The summed E-state index contributed by atoms with van der Waals surface area (Å²) in [6.45, 7) is 0.460. The average Bonchev–Trinajstić information content (AvgIpc) is 2.19. The maximum Gasteiger partial charge on any atom is 0.0936 e. The lowest BCUT2D eigenvalue weighted by atomic mass is 10.1. The van der Waals surface area contributed by atoms with Crippen molar-refractivity contribution < 1.29 is 4.84 Å². The molecule has 0 aliphatic rings. The third kappa shape index (κ3) is 1.54. The van der Waals surface area contributed by atoms with E-state index in [0.29, 0.717) is 6.61 Å². The minimum absolute atomic E-state index is 0.460. The zero-order chi connectivity index (χ0) is 9.10. The van der Waals surface area contributed by atoms with Crippen LogP contribution in [0.1, 0.15) is 5.56 Å². The Morgan fingerprint density at radius 2 is 1.77 bits per heavy atom. The van der Waals surface area contributed by atoms with Gasteiger partial charge in [0.1, 0.15) is 0 Å². The molecule has 0 saturated carbocycles. The molecule has 2 aromatic carbocycles. The van der Waals surface area contributed by atoms with E-state index in [1.807, 2.05) is 24.3 Å². The van der Waals surface area contributed by atoms with Gasteiger partial charge >= 0.3 is 0 Å². The number of rotatable bonds is 2. The normalized spacial score (nSPS) is 10.5. The van der Waals surface area contributed by atoms with Crippen LogP contribution in [0.15, 0.2) is 42.5 Å². The van der Waals surface area contributed by atoms with Crippen molar-refractivity contribution in [2.75, 3.05) is 0 Å². The van der Waals surface area contributed by atoms with E-state index in [1.54, 1.807) is 0 Å². The second-order valence-corrected chi connectivity index (χ2v) is 2.95. The van der Waals surface area contributed by atoms with Crippen LogP contribution in [0, 0.1) is 0 Å². The molecule has 0 unspecified atom stereocenters. The van der Waals surface area contributed by atoms with Gasteiger partial charge in [-0.05, 0) is 16.3 Å². The summed E-state index contributed by atoms with van der Waals surface area (Å²) in [5.41, 5.74) is 1.13. The molecule has 0 aliphatic heterocycles. The first-order chi connectivity index (χ1) is 6.42. The van der Waals surface area contributed by atoms with E-state index in [-0.39, 0.29) is 0 Å². The standard InChI is InChI=1S/C11H11NO/c12-13-8-10-6-3-5-9-4-1-2-7-11(9)10/h1-7H,8,12H2.